The fourth-order valence-corrected chi connectivity index (χ4v) is 4.17. The standard InChI is InChI=1S/C24H28N4O2/c1-3-28-22-11-10-18(14-21(22)26-17(2)24(28)30)23(29)25-15-19-8-4-5-9-20(19)16-27-12-6-7-13-27/h4-5,8-11,14H,3,6-7,12-13,15-16H2,1-2H3,(H,25,29). The van der Waals surface area contributed by atoms with Gasteiger partial charge in [0.25, 0.3) is 11.5 Å². The number of hydrogen-bond acceptors (Lipinski definition) is 4. The Morgan fingerprint density at radius 1 is 1.10 bits per heavy atom. The first-order valence-electron chi connectivity index (χ1n) is 10.7. The molecule has 0 unspecified atom stereocenters. The van der Waals surface area contributed by atoms with Crippen molar-refractivity contribution in [1.82, 2.24) is 19.8 Å². The van der Waals surface area contributed by atoms with Crippen LogP contribution in [0.2, 0.25) is 0 Å². The van der Waals surface area contributed by atoms with Crippen LogP contribution in [0.5, 0.6) is 0 Å². The largest absolute Gasteiger partial charge is 0.348 e. The summed E-state index contributed by atoms with van der Waals surface area (Å²) in [5.74, 6) is -0.137. The van der Waals surface area contributed by atoms with Crippen molar-refractivity contribution in [3.05, 3.63) is 75.2 Å². The highest BCUT2D eigenvalue weighted by Crippen LogP contribution is 2.17. The molecule has 6 heteroatoms. The first-order valence-corrected chi connectivity index (χ1v) is 10.7. The molecule has 0 atom stereocenters. The second-order valence-electron chi connectivity index (χ2n) is 7.88. The Morgan fingerprint density at radius 2 is 1.83 bits per heavy atom. The minimum atomic E-state index is -0.137. The van der Waals surface area contributed by atoms with Crippen LogP contribution in [0.1, 0.15) is 46.9 Å². The lowest BCUT2D eigenvalue weighted by Gasteiger charge is -2.18. The molecule has 6 nitrogen and oxygen atoms in total. The van der Waals surface area contributed by atoms with E-state index in [9.17, 15) is 9.59 Å². The van der Waals surface area contributed by atoms with E-state index in [4.69, 9.17) is 0 Å². The van der Waals surface area contributed by atoms with Crippen molar-refractivity contribution in [2.24, 2.45) is 0 Å². The minimum Gasteiger partial charge on any atom is -0.348 e. The molecular weight excluding hydrogens is 376 g/mol. The second kappa shape index (κ2) is 8.79. The molecule has 1 aliphatic rings. The summed E-state index contributed by atoms with van der Waals surface area (Å²) in [4.78, 5) is 31.9. The Morgan fingerprint density at radius 3 is 2.57 bits per heavy atom. The van der Waals surface area contributed by atoms with Gasteiger partial charge < -0.3 is 9.88 Å². The third-order valence-corrected chi connectivity index (χ3v) is 5.84. The summed E-state index contributed by atoms with van der Waals surface area (Å²) in [5.41, 5.74) is 4.73. The lowest BCUT2D eigenvalue weighted by molar-refractivity contribution is 0.0951. The maximum atomic E-state index is 12.8. The Kier molecular flexibility index (Phi) is 5.95. The van der Waals surface area contributed by atoms with Crippen LogP contribution < -0.4 is 10.9 Å². The molecule has 0 saturated carbocycles. The van der Waals surface area contributed by atoms with Crippen LogP contribution in [0.3, 0.4) is 0 Å². The number of likely N-dealkylation sites (tertiary alicyclic amines) is 1. The Hall–Kier alpha value is -2.99. The molecule has 0 spiro atoms. The molecule has 30 heavy (non-hydrogen) atoms. The highest BCUT2D eigenvalue weighted by atomic mass is 16.1. The van der Waals surface area contributed by atoms with E-state index in [0.717, 1.165) is 30.7 Å². The van der Waals surface area contributed by atoms with Gasteiger partial charge in [0.1, 0.15) is 5.69 Å². The lowest BCUT2D eigenvalue weighted by Crippen LogP contribution is -2.26. The van der Waals surface area contributed by atoms with Gasteiger partial charge in [0.05, 0.1) is 11.0 Å². The summed E-state index contributed by atoms with van der Waals surface area (Å²) >= 11 is 0. The fraction of sp³-hybridized carbons (Fsp3) is 0.375. The van der Waals surface area contributed by atoms with Gasteiger partial charge in [0, 0.05) is 25.2 Å². The molecule has 2 heterocycles. The number of nitrogens with one attached hydrogen (secondary N) is 1. The molecule has 1 N–H and O–H groups in total. The number of aromatic nitrogens is 2. The van der Waals surface area contributed by atoms with E-state index in [1.54, 1.807) is 23.6 Å². The van der Waals surface area contributed by atoms with Crippen LogP contribution in [-0.4, -0.2) is 33.4 Å². The van der Waals surface area contributed by atoms with E-state index in [1.165, 1.54) is 18.4 Å². The van der Waals surface area contributed by atoms with Gasteiger partial charge in [-0.05, 0) is 69.1 Å². The van der Waals surface area contributed by atoms with Gasteiger partial charge in [-0.15, -0.1) is 0 Å². The van der Waals surface area contributed by atoms with Crippen LogP contribution in [0.15, 0.2) is 47.3 Å². The number of aryl methyl sites for hydroxylation is 2. The van der Waals surface area contributed by atoms with Gasteiger partial charge in [0.2, 0.25) is 0 Å². The van der Waals surface area contributed by atoms with E-state index in [1.807, 2.05) is 19.1 Å². The molecule has 3 aromatic rings. The summed E-state index contributed by atoms with van der Waals surface area (Å²) in [6.45, 7) is 7.91. The zero-order valence-corrected chi connectivity index (χ0v) is 17.6. The number of carbonyl (C=O) groups is 1. The van der Waals surface area contributed by atoms with Crippen molar-refractivity contribution in [3.8, 4) is 0 Å². The van der Waals surface area contributed by atoms with Crippen LogP contribution in [0.25, 0.3) is 11.0 Å². The average Bonchev–Trinajstić information content (AvgIpc) is 3.26. The monoisotopic (exact) mass is 404 g/mol. The van der Waals surface area contributed by atoms with Crippen LogP contribution in [-0.2, 0) is 19.6 Å². The van der Waals surface area contributed by atoms with Gasteiger partial charge in [-0.2, -0.15) is 0 Å². The zero-order valence-electron chi connectivity index (χ0n) is 17.6. The topological polar surface area (TPSA) is 67.2 Å². The van der Waals surface area contributed by atoms with Gasteiger partial charge >= 0.3 is 0 Å². The summed E-state index contributed by atoms with van der Waals surface area (Å²) in [7, 11) is 0. The van der Waals surface area contributed by atoms with Crippen molar-refractivity contribution >= 4 is 16.9 Å². The van der Waals surface area contributed by atoms with E-state index < -0.39 is 0 Å². The number of nitrogens with zero attached hydrogens (tertiary/aromatic N) is 3. The SMILES string of the molecule is CCn1c(=O)c(C)nc2cc(C(=O)NCc3ccccc3CN3CCCC3)ccc21. The molecule has 0 bridgehead atoms. The second-order valence-corrected chi connectivity index (χ2v) is 7.88. The van der Waals surface area contributed by atoms with E-state index >= 15 is 0 Å². The molecule has 1 saturated heterocycles. The van der Waals surface area contributed by atoms with Crippen molar-refractivity contribution in [2.75, 3.05) is 13.1 Å². The molecule has 0 radical (unpaired) electrons. The number of amides is 1. The molecular formula is C24H28N4O2. The van der Waals surface area contributed by atoms with Gasteiger partial charge in [-0.3, -0.25) is 14.5 Å². The van der Waals surface area contributed by atoms with Crippen molar-refractivity contribution < 1.29 is 4.79 Å². The van der Waals surface area contributed by atoms with Crippen LogP contribution in [0, 0.1) is 6.92 Å². The summed E-state index contributed by atoms with van der Waals surface area (Å²) in [6, 6.07) is 13.6. The molecule has 1 aromatic heterocycles. The fourth-order valence-electron chi connectivity index (χ4n) is 4.17. The molecule has 1 fully saturated rings. The quantitative estimate of drug-likeness (QED) is 0.685. The van der Waals surface area contributed by atoms with Gasteiger partial charge in [0.15, 0.2) is 0 Å². The normalized spacial score (nSPS) is 14.3. The van der Waals surface area contributed by atoms with E-state index in [-0.39, 0.29) is 11.5 Å². The Labute approximate surface area is 176 Å². The van der Waals surface area contributed by atoms with E-state index in [0.29, 0.717) is 29.9 Å². The molecule has 2 aromatic carbocycles. The third kappa shape index (κ3) is 4.14. The maximum Gasteiger partial charge on any atom is 0.272 e. The predicted octanol–water partition coefficient (Wildman–Crippen LogP) is 3.25. The summed E-state index contributed by atoms with van der Waals surface area (Å²) < 4.78 is 1.69. The third-order valence-electron chi connectivity index (χ3n) is 5.84. The number of carbonyl (C=O) groups excluding carboxylic acids is 1. The highest BCUT2D eigenvalue weighted by molar-refractivity contribution is 5.97. The number of benzene rings is 2. The van der Waals surface area contributed by atoms with Crippen LogP contribution in [0.4, 0.5) is 0 Å². The number of hydrogen-bond donors (Lipinski definition) is 1. The lowest BCUT2D eigenvalue weighted by atomic mass is 10.1. The maximum absolute atomic E-state index is 12.8. The van der Waals surface area contributed by atoms with E-state index in [2.05, 4.69) is 33.4 Å². The molecule has 156 valence electrons. The summed E-state index contributed by atoms with van der Waals surface area (Å²) in [6.07, 6.45) is 2.53. The van der Waals surface area contributed by atoms with Crippen molar-refractivity contribution in [3.63, 3.8) is 0 Å². The van der Waals surface area contributed by atoms with Gasteiger partial charge in [-0.25, -0.2) is 4.98 Å². The highest BCUT2D eigenvalue weighted by Gasteiger charge is 2.15. The van der Waals surface area contributed by atoms with Crippen molar-refractivity contribution in [1.29, 1.82) is 0 Å². The van der Waals surface area contributed by atoms with Crippen LogP contribution >= 0.6 is 0 Å². The molecule has 0 aliphatic carbocycles. The Bertz CT molecular complexity index is 1130. The van der Waals surface area contributed by atoms with Gasteiger partial charge in [-0.1, -0.05) is 24.3 Å². The predicted molar refractivity (Wildman–Crippen MR) is 119 cm³/mol. The average molecular weight is 405 g/mol. The van der Waals surface area contributed by atoms with Crippen molar-refractivity contribution in [2.45, 2.75) is 46.3 Å². The zero-order chi connectivity index (χ0) is 21.1. The molecule has 1 aliphatic heterocycles. The molecule has 1 amide bonds. The molecule has 4 rings (SSSR count). The smallest absolute Gasteiger partial charge is 0.272 e. The number of fused-ring (bicyclic) bond motifs is 1. The Balaban J connectivity index is 1.51. The first-order chi connectivity index (χ1) is 14.6. The number of rotatable bonds is 6. The minimum absolute atomic E-state index is 0.0863. The summed E-state index contributed by atoms with van der Waals surface area (Å²) in [5, 5.41) is 3.05. The first kappa shape index (κ1) is 20.3.